The Morgan fingerprint density at radius 1 is 1.07 bits per heavy atom. The molecule has 0 spiro atoms. The molecular formula is C30H32FN5O6. The molecule has 4 rings (SSSR count). The van der Waals surface area contributed by atoms with Gasteiger partial charge in [0.25, 0.3) is 11.8 Å². The molecule has 1 saturated heterocycles. The molecule has 12 heteroatoms. The van der Waals surface area contributed by atoms with Crippen molar-refractivity contribution in [3.63, 3.8) is 0 Å². The highest BCUT2D eigenvalue weighted by atomic mass is 19.1. The first kappa shape index (κ1) is 30.2. The van der Waals surface area contributed by atoms with E-state index in [0.717, 1.165) is 20.9 Å². The molecule has 1 fully saturated rings. The van der Waals surface area contributed by atoms with Gasteiger partial charge in [0.2, 0.25) is 29.4 Å². The Bertz CT molecular complexity index is 1500. The molecule has 2 heterocycles. The highest BCUT2D eigenvalue weighted by Crippen LogP contribution is 2.19. The van der Waals surface area contributed by atoms with E-state index in [2.05, 4.69) is 15.5 Å². The van der Waals surface area contributed by atoms with E-state index in [1.165, 1.54) is 31.2 Å². The Morgan fingerprint density at radius 3 is 2.43 bits per heavy atom. The lowest BCUT2D eigenvalue weighted by Crippen LogP contribution is -2.63. The van der Waals surface area contributed by atoms with Gasteiger partial charge in [-0.2, -0.15) is 0 Å². The summed E-state index contributed by atoms with van der Waals surface area (Å²) < 4.78 is 19.0. The number of nitrogens with zero attached hydrogens (tertiary/aromatic N) is 4. The number of aryl methyl sites for hydroxylation is 1. The molecule has 1 aliphatic heterocycles. The molecule has 1 N–H and O–H groups in total. The summed E-state index contributed by atoms with van der Waals surface area (Å²) in [6, 6.07) is 10.9. The Kier molecular flexibility index (Phi) is 9.24. The normalized spacial score (nSPS) is 16.1. The van der Waals surface area contributed by atoms with Crippen molar-refractivity contribution >= 4 is 29.4 Å². The molecule has 0 radical (unpaired) electrons. The molecule has 11 nitrogen and oxygen atoms in total. The average molecular weight is 578 g/mol. The quantitative estimate of drug-likeness (QED) is 0.362. The first-order valence-electron chi connectivity index (χ1n) is 13.5. The van der Waals surface area contributed by atoms with Crippen LogP contribution in [0.4, 0.5) is 4.39 Å². The number of aromatic nitrogens is 2. The maximum absolute atomic E-state index is 13.4. The zero-order valence-corrected chi connectivity index (χ0v) is 23.8. The van der Waals surface area contributed by atoms with Crippen molar-refractivity contribution in [2.24, 2.45) is 5.92 Å². The number of nitrogens with one attached hydrogen (secondary N) is 1. The second kappa shape index (κ2) is 12.8. The van der Waals surface area contributed by atoms with Crippen LogP contribution in [0.2, 0.25) is 0 Å². The molecule has 2 unspecified atom stereocenters. The van der Waals surface area contributed by atoms with Gasteiger partial charge < -0.3 is 14.6 Å². The summed E-state index contributed by atoms with van der Waals surface area (Å²) in [5.41, 5.74) is 2.53. The predicted octanol–water partition coefficient (Wildman–Crippen LogP) is 2.26. The van der Waals surface area contributed by atoms with Crippen LogP contribution < -0.4 is 5.32 Å². The molecular weight excluding hydrogens is 545 g/mol. The Labute approximate surface area is 242 Å². The van der Waals surface area contributed by atoms with Crippen molar-refractivity contribution in [1.82, 2.24) is 25.3 Å². The summed E-state index contributed by atoms with van der Waals surface area (Å²) >= 11 is 0. The van der Waals surface area contributed by atoms with Gasteiger partial charge in [0.05, 0.1) is 12.5 Å². The van der Waals surface area contributed by atoms with Crippen LogP contribution in [0.15, 0.2) is 52.9 Å². The van der Waals surface area contributed by atoms with Crippen LogP contribution in [-0.4, -0.2) is 74.6 Å². The number of carbonyl (C=O) groups excluding carboxylic acids is 5. The number of piperazine rings is 1. The van der Waals surface area contributed by atoms with E-state index < -0.39 is 60.4 Å². The zero-order valence-electron chi connectivity index (χ0n) is 23.8. The topological polar surface area (TPSA) is 143 Å². The van der Waals surface area contributed by atoms with E-state index in [0.29, 0.717) is 12.0 Å². The number of carbonyl (C=O) groups is 5. The van der Waals surface area contributed by atoms with E-state index in [1.54, 1.807) is 13.8 Å². The van der Waals surface area contributed by atoms with Crippen molar-refractivity contribution in [3.8, 4) is 0 Å². The standard InChI is InChI=1S/C30H32FN5O6/c1-17(2)27(28(40)29-34-33-25(42-29)14-21-7-5-6-18(3)12-21)32-24(38)15-36-23(13-20-8-10-22(31)11-9-20)30(41)35(19(4)37)16-26(36)39/h5-12,17,23,27H,13-16H2,1-4H3,(H,32,38). The summed E-state index contributed by atoms with van der Waals surface area (Å²) in [4.78, 5) is 66.6. The van der Waals surface area contributed by atoms with Gasteiger partial charge in [0.1, 0.15) is 24.9 Å². The SMILES string of the molecule is CC(=O)N1CC(=O)N(CC(=O)NC(C(=O)c2nnc(Cc3cccc(C)c3)o2)C(C)C)C(Cc2ccc(F)cc2)C1=O. The van der Waals surface area contributed by atoms with Crippen LogP contribution >= 0.6 is 0 Å². The fraction of sp³-hybridized carbons (Fsp3) is 0.367. The molecule has 2 aromatic carbocycles. The zero-order chi connectivity index (χ0) is 30.6. The average Bonchev–Trinajstić information content (AvgIpc) is 3.40. The number of halogens is 1. The number of amides is 4. The Hall–Kier alpha value is -4.74. The monoisotopic (exact) mass is 577 g/mol. The Morgan fingerprint density at radius 2 is 1.79 bits per heavy atom. The second-order valence-corrected chi connectivity index (χ2v) is 10.6. The van der Waals surface area contributed by atoms with Gasteiger partial charge >= 0.3 is 0 Å². The molecule has 42 heavy (non-hydrogen) atoms. The number of hydrogen-bond acceptors (Lipinski definition) is 8. The van der Waals surface area contributed by atoms with E-state index in [-0.39, 0.29) is 24.1 Å². The number of ketones is 1. The van der Waals surface area contributed by atoms with Gasteiger partial charge in [0, 0.05) is 13.3 Å². The number of rotatable bonds is 10. The number of hydrogen-bond donors (Lipinski definition) is 1. The van der Waals surface area contributed by atoms with Crippen molar-refractivity contribution in [3.05, 3.63) is 82.8 Å². The molecule has 0 saturated carbocycles. The largest absolute Gasteiger partial charge is 0.418 e. The molecule has 0 bridgehead atoms. The van der Waals surface area contributed by atoms with Crippen molar-refractivity contribution in [2.75, 3.05) is 13.1 Å². The van der Waals surface area contributed by atoms with Crippen molar-refractivity contribution in [2.45, 2.75) is 52.6 Å². The van der Waals surface area contributed by atoms with Crippen LogP contribution in [0.1, 0.15) is 54.0 Å². The lowest BCUT2D eigenvalue weighted by Gasteiger charge is -2.39. The number of imide groups is 1. The van der Waals surface area contributed by atoms with Crippen LogP contribution in [-0.2, 0) is 32.0 Å². The van der Waals surface area contributed by atoms with E-state index in [9.17, 15) is 28.4 Å². The smallest absolute Gasteiger partial charge is 0.286 e. The van der Waals surface area contributed by atoms with Gasteiger partial charge in [0.15, 0.2) is 0 Å². The lowest BCUT2D eigenvalue weighted by atomic mass is 9.99. The minimum absolute atomic E-state index is 0.0415. The fourth-order valence-electron chi connectivity index (χ4n) is 4.76. The van der Waals surface area contributed by atoms with Crippen molar-refractivity contribution < 1.29 is 32.8 Å². The third-order valence-corrected chi connectivity index (χ3v) is 6.96. The highest BCUT2D eigenvalue weighted by molar-refractivity contribution is 6.05. The summed E-state index contributed by atoms with van der Waals surface area (Å²) in [7, 11) is 0. The van der Waals surface area contributed by atoms with Crippen molar-refractivity contribution in [1.29, 1.82) is 0 Å². The molecule has 4 amide bonds. The molecule has 1 aliphatic rings. The van der Waals surface area contributed by atoms with Crippen LogP contribution in [0.5, 0.6) is 0 Å². The third-order valence-electron chi connectivity index (χ3n) is 6.96. The maximum atomic E-state index is 13.4. The predicted molar refractivity (Wildman–Crippen MR) is 147 cm³/mol. The van der Waals surface area contributed by atoms with E-state index in [4.69, 9.17) is 4.42 Å². The van der Waals surface area contributed by atoms with Gasteiger partial charge in [-0.1, -0.05) is 55.8 Å². The molecule has 220 valence electrons. The molecule has 2 atom stereocenters. The molecule has 0 aliphatic carbocycles. The lowest BCUT2D eigenvalue weighted by molar-refractivity contribution is -0.162. The van der Waals surface area contributed by atoms with Crippen LogP contribution in [0, 0.1) is 18.7 Å². The van der Waals surface area contributed by atoms with E-state index in [1.807, 2.05) is 31.2 Å². The van der Waals surface area contributed by atoms with Crippen LogP contribution in [0.25, 0.3) is 0 Å². The minimum Gasteiger partial charge on any atom is -0.418 e. The highest BCUT2D eigenvalue weighted by Gasteiger charge is 2.42. The van der Waals surface area contributed by atoms with Gasteiger partial charge in [-0.3, -0.25) is 28.9 Å². The fourth-order valence-corrected chi connectivity index (χ4v) is 4.76. The maximum Gasteiger partial charge on any atom is 0.286 e. The molecule has 3 aromatic rings. The van der Waals surface area contributed by atoms with Gasteiger partial charge in [-0.05, 0) is 36.1 Å². The summed E-state index contributed by atoms with van der Waals surface area (Å²) in [6.07, 6.45) is 0.290. The Balaban J connectivity index is 1.48. The van der Waals surface area contributed by atoms with Crippen LogP contribution in [0.3, 0.4) is 0 Å². The summed E-state index contributed by atoms with van der Waals surface area (Å²) in [5.74, 6) is -4.01. The van der Waals surface area contributed by atoms with E-state index >= 15 is 0 Å². The van der Waals surface area contributed by atoms with Gasteiger partial charge in [-0.15, -0.1) is 10.2 Å². The minimum atomic E-state index is -1.18. The molecule has 1 aromatic heterocycles. The first-order chi connectivity index (χ1) is 19.9. The third kappa shape index (κ3) is 7.12. The number of Topliss-reactive ketones (excluding diaryl/α,β-unsaturated/α-hetero) is 1. The number of benzene rings is 2. The summed E-state index contributed by atoms with van der Waals surface area (Å²) in [5, 5.41) is 10.5. The van der Waals surface area contributed by atoms with Gasteiger partial charge in [-0.25, -0.2) is 4.39 Å². The first-order valence-corrected chi connectivity index (χ1v) is 13.5. The second-order valence-electron chi connectivity index (χ2n) is 10.6. The summed E-state index contributed by atoms with van der Waals surface area (Å²) in [6.45, 7) is 5.53.